The molecule has 1 heterocycles. The Morgan fingerprint density at radius 1 is 0.967 bits per heavy atom. The maximum absolute atomic E-state index is 13.0. The van der Waals surface area contributed by atoms with Crippen LogP contribution in [0.25, 0.3) is 10.9 Å². The maximum atomic E-state index is 13.0. The van der Waals surface area contributed by atoms with E-state index >= 15 is 0 Å². The first-order chi connectivity index (χ1) is 13.8. The summed E-state index contributed by atoms with van der Waals surface area (Å²) in [6, 6.07) is 6.47. The van der Waals surface area contributed by atoms with Crippen molar-refractivity contribution in [2.24, 2.45) is 7.05 Å². The van der Waals surface area contributed by atoms with Crippen LogP contribution >= 0.6 is 0 Å². The molecule has 0 radical (unpaired) electrons. The average molecular weight is 430 g/mol. The Morgan fingerprint density at radius 3 is 2.03 bits per heavy atom. The van der Waals surface area contributed by atoms with E-state index in [4.69, 9.17) is 0 Å². The number of hydrogen-bond donors (Lipinski definition) is 2. The number of carbonyl (C=O) groups is 1. The number of pyridine rings is 1. The lowest BCUT2D eigenvalue weighted by Gasteiger charge is -2.15. The van der Waals surface area contributed by atoms with Gasteiger partial charge in [-0.2, -0.15) is 26.3 Å². The fraction of sp³-hybridized carbons (Fsp3) is 0.158. The number of fused-ring (bicyclic) bond motifs is 1. The molecular weight excluding hydrogens is 418 g/mol. The summed E-state index contributed by atoms with van der Waals surface area (Å²) in [5.41, 5.74) is -5.63. The second-order valence-electron chi connectivity index (χ2n) is 6.35. The molecule has 0 unspecified atom stereocenters. The number of aromatic nitrogens is 1. The van der Waals surface area contributed by atoms with Gasteiger partial charge in [-0.15, -0.1) is 0 Å². The van der Waals surface area contributed by atoms with Crippen molar-refractivity contribution in [2.75, 3.05) is 5.32 Å². The first kappa shape index (κ1) is 21.2. The van der Waals surface area contributed by atoms with Crippen LogP contribution in [0.2, 0.25) is 0 Å². The third kappa shape index (κ3) is 3.82. The number of hydrogen-bond acceptors (Lipinski definition) is 3. The van der Waals surface area contributed by atoms with Gasteiger partial charge in [0.05, 0.1) is 16.6 Å². The SMILES string of the molecule is Cn1c(=O)c(C(=O)Nc2cc(C(F)(F)F)cc(C(F)(F)F)c2)c(O)c2ccccc21. The molecule has 0 atom stereocenters. The lowest BCUT2D eigenvalue weighted by molar-refractivity contribution is -0.143. The summed E-state index contributed by atoms with van der Waals surface area (Å²) in [6.45, 7) is 0. The number of carbonyl (C=O) groups excluding carboxylic acids is 1. The number of aryl methyl sites for hydroxylation is 1. The molecule has 30 heavy (non-hydrogen) atoms. The molecule has 11 heteroatoms. The molecule has 1 aromatic heterocycles. The Labute approximate surface area is 164 Å². The highest BCUT2D eigenvalue weighted by molar-refractivity contribution is 6.09. The van der Waals surface area contributed by atoms with E-state index < -0.39 is 51.9 Å². The van der Waals surface area contributed by atoms with Crippen molar-refractivity contribution in [2.45, 2.75) is 12.4 Å². The second-order valence-corrected chi connectivity index (χ2v) is 6.35. The summed E-state index contributed by atoms with van der Waals surface area (Å²) in [4.78, 5) is 25.0. The van der Waals surface area contributed by atoms with Crippen LogP contribution in [0.15, 0.2) is 47.3 Å². The molecule has 0 bridgehead atoms. The molecule has 0 spiro atoms. The van der Waals surface area contributed by atoms with Crippen LogP contribution < -0.4 is 10.9 Å². The van der Waals surface area contributed by atoms with Crippen molar-refractivity contribution in [1.82, 2.24) is 4.57 Å². The third-order valence-electron chi connectivity index (χ3n) is 4.35. The molecule has 0 aliphatic carbocycles. The minimum absolute atomic E-state index is 0.0951. The number of para-hydroxylation sites is 1. The molecule has 3 rings (SSSR count). The summed E-state index contributed by atoms with van der Waals surface area (Å²) in [7, 11) is 1.30. The minimum Gasteiger partial charge on any atom is -0.506 e. The highest BCUT2D eigenvalue weighted by Gasteiger charge is 2.37. The monoisotopic (exact) mass is 430 g/mol. The van der Waals surface area contributed by atoms with Crippen molar-refractivity contribution in [3.05, 3.63) is 69.5 Å². The highest BCUT2D eigenvalue weighted by Crippen LogP contribution is 2.37. The lowest BCUT2D eigenvalue weighted by Crippen LogP contribution is -2.28. The number of benzene rings is 2. The van der Waals surface area contributed by atoms with Crippen LogP contribution in [0.3, 0.4) is 0 Å². The Kier molecular flexibility index (Phi) is 5.01. The van der Waals surface area contributed by atoms with E-state index in [2.05, 4.69) is 0 Å². The van der Waals surface area contributed by atoms with Gasteiger partial charge in [0.15, 0.2) is 0 Å². The van der Waals surface area contributed by atoms with Crippen LogP contribution in [0, 0.1) is 0 Å². The number of nitrogens with zero attached hydrogens (tertiary/aromatic N) is 1. The molecule has 0 aliphatic rings. The third-order valence-corrected chi connectivity index (χ3v) is 4.35. The lowest BCUT2D eigenvalue weighted by atomic mass is 10.1. The molecule has 0 fully saturated rings. The van der Waals surface area contributed by atoms with Gasteiger partial charge in [0.1, 0.15) is 11.3 Å². The Hall–Kier alpha value is -3.50. The fourth-order valence-corrected chi connectivity index (χ4v) is 2.90. The largest absolute Gasteiger partial charge is 0.506 e. The summed E-state index contributed by atoms with van der Waals surface area (Å²) in [5, 5.41) is 12.3. The summed E-state index contributed by atoms with van der Waals surface area (Å²) < 4.78 is 78.9. The number of nitrogens with one attached hydrogen (secondary N) is 1. The Morgan fingerprint density at radius 2 is 1.50 bits per heavy atom. The highest BCUT2D eigenvalue weighted by atomic mass is 19.4. The smallest absolute Gasteiger partial charge is 0.416 e. The van der Waals surface area contributed by atoms with Gasteiger partial charge < -0.3 is 15.0 Å². The van der Waals surface area contributed by atoms with Gasteiger partial charge in [-0.25, -0.2) is 0 Å². The van der Waals surface area contributed by atoms with E-state index in [9.17, 15) is 41.0 Å². The van der Waals surface area contributed by atoms with Gasteiger partial charge in [0.25, 0.3) is 11.5 Å². The maximum Gasteiger partial charge on any atom is 0.416 e. The zero-order valence-corrected chi connectivity index (χ0v) is 15.0. The van der Waals surface area contributed by atoms with Crippen LogP contribution in [0.1, 0.15) is 21.5 Å². The number of alkyl halides is 6. The Balaban J connectivity index is 2.12. The van der Waals surface area contributed by atoms with E-state index in [1.165, 1.54) is 25.2 Å². The number of amides is 1. The first-order valence-corrected chi connectivity index (χ1v) is 8.22. The summed E-state index contributed by atoms with van der Waals surface area (Å²) in [5.74, 6) is -2.10. The van der Waals surface area contributed by atoms with E-state index in [-0.39, 0.29) is 17.0 Å². The summed E-state index contributed by atoms with van der Waals surface area (Å²) in [6.07, 6.45) is -10.2. The quantitative estimate of drug-likeness (QED) is 0.587. The first-order valence-electron chi connectivity index (χ1n) is 8.22. The zero-order valence-electron chi connectivity index (χ0n) is 15.0. The van der Waals surface area contributed by atoms with Crippen LogP contribution in [0.5, 0.6) is 5.75 Å². The van der Waals surface area contributed by atoms with Gasteiger partial charge in [-0.3, -0.25) is 9.59 Å². The molecule has 5 nitrogen and oxygen atoms in total. The number of rotatable bonds is 2. The van der Waals surface area contributed by atoms with Crippen LogP contribution in [-0.4, -0.2) is 15.6 Å². The van der Waals surface area contributed by atoms with Crippen molar-refractivity contribution in [1.29, 1.82) is 0 Å². The predicted octanol–water partition coefficient (Wildman–Crippen LogP) is 4.53. The fourth-order valence-electron chi connectivity index (χ4n) is 2.90. The molecule has 0 saturated heterocycles. The molecular formula is C19H12F6N2O3. The number of aromatic hydroxyl groups is 1. The van der Waals surface area contributed by atoms with Crippen molar-refractivity contribution in [3.63, 3.8) is 0 Å². The van der Waals surface area contributed by atoms with Crippen LogP contribution in [-0.2, 0) is 19.4 Å². The average Bonchev–Trinajstić information content (AvgIpc) is 2.64. The van der Waals surface area contributed by atoms with Gasteiger partial charge >= 0.3 is 12.4 Å². The van der Waals surface area contributed by atoms with Gasteiger partial charge in [-0.1, -0.05) is 12.1 Å². The standard InChI is InChI=1S/C19H12F6N2O3/c1-27-13-5-3-2-4-12(13)15(28)14(17(27)30)16(29)26-11-7-9(18(20,21)22)6-10(8-11)19(23,24)25/h2-8,28H,1H3,(H,26,29). The molecule has 1 amide bonds. The zero-order chi connectivity index (χ0) is 22.4. The van der Waals surface area contributed by atoms with Gasteiger partial charge in [0.2, 0.25) is 0 Å². The molecule has 3 aromatic rings. The van der Waals surface area contributed by atoms with Crippen molar-refractivity contribution in [3.8, 4) is 5.75 Å². The molecule has 2 N–H and O–H groups in total. The predicted molar refractivity (Wildman–Crippen MR) is 95.3 cm³/mol. The topological polar surface area (TPSA) is 71.3 Å². The van der Waals surface area contributed by atoms with Gasteiger partial charge in [0, 0.05) is 18.1 Å². The molecule has 0 aliphatic heterocycles. The van der Waals surface area contributed by atoms with E-state index in [0.29, 0.717) is 12.1 Å². The number of halogens is 6. The van der Waals surface area contributed by atoms with Crippen LogP contribution in [0.4, 0.5) is 32.0 Å². The van der Waals surface area contributed by atoms with E-state index in [0.717, 1.165) is 4.57 Å². The molecule has 158 valence electrons. The van der Waals surface area contributed by atoms with E-state index in [1.54, 1.807) is 6.07 Å². The van der Waals surface area contributed by atoms with E-state index in [1.807, 2.05) is 5.32 Å². The summed E-state index contributed by atoms with van der Waals surface area (Å²) >= 11 is 0. The van der Waals surface area contributed by atoms with Gasteiger partial charge in [-0.05, 0) is 30.3 Å². The number of anilines is 1. The normalized spacial score (nSPS) is 12.2. The molecule has 0 saturated carbocycles. The van der Waals surface area contributed by atoms with Crippen molar-refractivity contribution >= 4 is 22.5 Å². The van der Waals surface area contributed by atoms with Crippen molar-refractivity contribution < 1.29 is 36.2 Å². The minimum atomic E-state index is -5.11. The Bertz CT molecular complexity index is 1180. The molecule has 2 aromatic carbocycles. The second kappa shape index (κ2) is 7.08.